The fourth-order valence-corrected chi connectivity index (χ4v) is 1.45. The lowest BCUT2D eigenvalue weighted by atomic mass is 9.96. The molecule has 0 saturated carbocycles. The molecule has 0 amide bonds. The summed E-state index contributed by atoms with van der Waals surface area (Å²) in [6.45, 7) is 6.67. The minimum Gasteiger partial charge on any atom is -0.249 e. The maximum Gasteiger partial charge on any atom is 0.0794 e. The van der Waals surface area contributed by atoms with Crippen molar-refractivity contribution in [3.8, 4) is 0 Å². The summed E-state index contributed by atoms with van der Waals surface area (Å²) in [7, 11) is 0. The zero-order chi connectivity index (χ0) is 7.56. The minimum atomic E-state index is 0.603. The normalized spacial score (nSPS) is 14.0. The monoisotopic (exact) mass is 155 g/mol. The van der Waals surface area contributed by atoms with E-state index in [0.717, 1.165) is 0 Å². The maximum absolute atomic E-state index is 4.26. The molecule has 1 aromatic rings. The Balaban J connectivity index is 2.68. The summed E-state index contributed by atoms with van der Waals surface area (Å²) in [5.41, 5.74) is 3.13. The molecular formula is C8H13NS. The molecule has 0 aromatic carbocycles. The van der Waals surface area contributed by atoms with Gasteiger partial charge in [-0.15, -0.1) is 11.3 Å². The third-order valence-electron chi connectivity index (χ3n) is 1.92. The van der Waals surface area contributed by atoms with Gasteiger partial charge in [0.05, 0.1) is 11.2 Å². The van der Waals surface area contributed by atoms with Crippen LogP contribution < -0.4 is 0 Å². The van der Waals surface area contributed by atoms with Crippen LogP contribution in [0.2, 0.25) is 0 Å². The molecule has 10 heavy (non-hydrogen) atoms. The number of nitrogens with zero attached hydrogens (tertiary/aromatic N) is 1. The minimum absolute atomic E-state index is 0.603. The fraction of sp³-hybridized carbons (Fsp3) is 0.625. The number of hydrogen-bond acceptors (Lipinski definition) is 2. The van der Waals surface area contributed by atoms with Gasteiger partial charge in [-0.25, -0.2) is 4.98 Å². The van der Waals surface area contributed by atoms with Crippen molar-refractivity contribution in [3.63, 3.8) is 0 Å². The van der Waals surface area contributed by atoms with Crippen molar-refractivity contribution in [1.29, 1.82) is 0 Å². The van der Waals surface area contributed by atoms with E-state index < -0.39 is 0 Å². The molecule has 0 N–H and O–H groups in total. The van der Waals surface area contributed by atoms with E-state index in [0.29, 0.717) is 11.8 Å². The topological polar surface area (TPSA) is 12.9 Å². The predicted molar refractivity (Wildman–Crippen MR) is 45.4 cm³/mol. The molecule has 0 fully saturated rings. The smallest absolute Gasteiger partial charge is 0.0794 e. The second-order valence-corrected chi connectivity index (χ2v) is 3.66. The lowest BCUT2D eigenvalue weighted by Crippen LogP contribution is -2.01. The van der Waals surface area contributed by atoms with Crippen molar-refractivity contribution in [1.82, 2.24) is 4.98 Å². The van der Waals surface area contributed by atoms with E-state index in [9.17, 15) is 0 Å². The third-order valence-corrected chi connectivity index (χ3v) is 2.52. The first-order valence-corrected chi connectivity index (χ1v) is 4.54. The van der Waals surface area contributed by atoms with E-state index in [2.05, 4.69) is 31.1 Å². The standard InChI is InChI=1S/C8H13NS/c1-6(2)7(3)8-4-10-5-9-8/h4-7H,1-3H3/t7-/m1/s1. The zero-order valence-corrected chi connectivity index (χ0v) is 7.48. The summed E-state index contributed by atoms with van der Waals surface area (Å²) in [5.74, 6) is 1.30. The third kappa shape index (κ3) is 1.57. The molecular weight excluding hydrogens is 142 g/mol. The Labute approximate surface area is 66.1 Å². The van der Waals surface area contributed by atoms with Crippen molar-refractivity contribution in [3.05, 3.63) is 16.6 Å². The van der Waals surface area contributed by atoms with E-state index in [-0.39, 0.29) is 0 Å². The van der Waals surface area contributed by atoms with Gasteiger partial charge >= 0.3 is 0 Å². The van der Waals surface area contributed by atoms with Crippen LogP contribution in [-0.2, 0) is 0 Å². The van der Waals surface area contributed by atoms with Crippen molar-refractivity contribution >= 4 is 11.3 Å². The quantitative estimate of drug-likeness (QED) is 0.640. The average molecular weight is 155 g/mol. The van der Waals surface area contributed by atoms with Crippen LogP contribution in [0.3, 0.4) is 0 Å². The fourth-order valence-electron chi connectivity index (χ4n) is 0.788. The number of hydrogen-bond donors (Lipinski definition) is 0. The molecule has 0 bridgehead atoms. The van der Waals surface area contributed by atoms with E-state index in [4.69, 9.17) is 0 Å². The van der Waals surface area contributed by atoms with Gasteiger partial charge in [-0.05, 0) is 5.92 Å². The van der Waals surface area contributed by atoms with Gasteiger partial charge in [0.2, 0.25) is 0 Å². The highest BCUT2D eigenvalue weighted by Gasteiger charge is 2.10. The van der Waals surface area contributed by atoms with Crippen LogP contribution >= 0.6 is 11.3 Å². The molecule has 0 aliphatic heterocycles. The molecule has 56 valence electrons. The van der Waals surface area contributed by atoms with Crippen molar-refractivity contribution in [2.24, 2.45) is 5.92 Å². The molecule has 0 unspecified atom stereocenters. The van der Waals surface area contributed by atoms with Crippen molar-refractivity contribution in [2.45, 2.75) is 26.7 Å². The zero-order valence-electron chi connectivity index (χ0n) is 6.66. The van der Waals surface area contributed by atoms with E-state index in [1.165, 1.54) is 5.69 Å². The average Bonchev–Trinajstić information content (AvgIpc) is 2.36. The highest BCUT2D eigenvalue weighted by Crippen LogP contribution is 2.22. The summed E-state index contributed by atoms with van der Waals surface area (Å²) in [6, 6.07) is 0. The van der Waals surface area contributed by atoms with Crippen LogP contribution in [0.4, 0.5) is 0 Å². The Morgan fingerprint density at radius 1 is 1.40 bits per heavy atom. The summed E-state index contributed by atoms with van der Waals surface area (Å²) >= 11 is 1.67. The Hall–Kier alpha value is -0.370. The first-order valence-electron chi connectivity index (χ1n) is 3.60. The van der Waals surface area contributed by atoms with Crippen molar-refractivity contribution < 1.29 is 0 Å². The van der Waals surface area contributed by atoms with Gasteiger partial charge in [0.1, 0.15) is 0 Å². The highest BCUT2D eigenvalue weighted by atomic mass is 32.1. The first-order chi connectivity index (χ1) is 4.72. The Morgan fingerprint density at radius 3 is 2.50 bits per heavy atom. The van der Waals surface area contributed by atoms with Gasteiger partial charge in [-0.2, -0.15) is 0 Å². The maximum atomic E-state index is 4.26. The second-order valence-electron chi connectivity index (χ2n) is 2.95. The molecule has 1 atom stereocenters. The van der Waals surface area contributed by atoms with Gasteiger partial charge in [0.25, 0.3) is 0 Å². The number of thiazole rings is 1. The summed E-state index contributed by atoms with van der Waals surface area (Å²) in [6.07, 6.45) is 0. The Kier molecular flexibility index (Phi) is 2.44. The molecule has 1 heterocycles. The molecule has 0 spiro atoms. The molecule has 1 aromatic heterocycles. The summed E-state index contributed by atoms with van der Waals surface area (Å²) < 4.78 is 0. The number of rotatable bonds is 2. The highest BCUT2D eigenvalue weighted by molar-refractivity contribution is 7.07. The van der Waals surface area contributed by atoms with Crippen molar-refractivity contribution in [2.75, 3.05) is 0 Å². The summed E-state index contributed by atoms with van der Waals surface area (Å²) in [5, 5.41) is 2.13. The van der Waals surface area contributed by atoms with E-state index in [1.807, 2.05) is 5.51 Å². The predicted octanol–water partition coefficient (Wildman–Crippen LogP) is 2.90. The van der Waals surface area contributed by atoms with Crippen LogP contribution in [0.5, 0.6) is 0 Å². The largest absolute Gasteiger partial charge is 0.249 e. The van der Waals surface area contributed by atoms with Gasteiger partial charge in [0.15, 0.2) is 0 Å². The van der Waals surface area contributed by atoms with E-state index in [1.54, 1.807) is 11.3 Å². The Morgan fingerprint density at radius 2 is 2.10 bits per heavy atom. The SMILES string of the molecule is CC(C)[C@@H](C)c1cscn1. The van der Waals surface area contributed by atoms with Gasteiger partial charge in [-0.1, -0.05) is 20.8 Å². The Bertz CT molecular complexity index is 179. The molecule has 0 aliphatic carbocycles. The van der Waals surface area contributed by atoms with Gasteiger partial charge in [0, 0.05) is 11.3 Å². The molecule has 0 radical (unpaired) electrons. The van der Waals surface area contributed by atoms with Gasteiger partial charge in [-0.3, -0.25) is 0 Å². The molecule has 0 saturated heterocycles. The van der Waals surface area contributed by atoms with E-state index >= 15 is 0 Å². The lowest BCUT2D eigenvalue weighted by molar-refractivity contribution is 0.526. The second kappa shape index (κ2) is 3.15. The molecule has 1 nitrogen and oxygen atoms in total. The van der Waals surface area contributed by atoms with Crippen LogP contribution in [0, 0.1) is 5.92 Å². The molecule has 2 heteroatoms. The molecule has 1 rings (SSSR count). The summed E-state index contributed by atoms with van der Waals surface area (Å²) in [4.78, 5) is 4.26. The van der Waals surface area contributed by atoms with Crippen LogP contribution in [0.1, 0.15) is 32.4 Å². The van der Waals surface area contributed by atoms with Crippen LogP contribution in [0.25, 0.3) is 0 Å². The number of aromatic nitrogens is 1. The van der Waals surface area contributed by atoms with Crippen LogP contribution in [-0.4, -0.2) is 4.98 Å². The first kappa shape index (κ1) is 7.73. The lowest BCUT2D eigenvalue weighted by Gasteiger charge is -2.11. The molecule has 0 aliphatic rings. The van der Waals surface area contributed by atoms with Crippen LogP contribution in [0.15, 0.2) is 10.9 Å². The van der Waals surface area contributed by atoms with Gasteiger partial charge < -0.3 is 0 Å².